The zero-order chi connectivity index (χ0) is 13.7. The minimum atomic E-state index is -0.931. The first-order valence-electron chi connectivity index (χ1n) is 5.14. The molecular weight excluding hydrogens is 241 g/mol. The minimum absolute atomic E-state index is 0.258. The van der Waals surface area contributed by atoms with Crippen molar-refractivity contribution >= 4 is 17.6 Å². The third-order valence-corrected chi connectivity index (χ3v) is 2.18. The summed E-state index contributed by atoms with van der Waals surface area (Å²) in [5, 5.41) is 4.72. The standard InChI is InChI=1S/C11H14FN3O3/c1-6(10(16)15-11(13)17)14-8-4-3-7(12)5-9(8)18-2/h3-6,14H,1-2H3,(H3,13,15,16,17). The van der Waals surface area contributed by atoms with Crippen LogP contribution in [0, 0.1) is 5.82 Å². The Morgan fingerprint density at radius 1 is 1.44 bits per heavy atom. The zero-order valence-electron chi connectivity index (χ0n) is 9.99. The van der Waals surface area contributed by atoms with Crippen molar-refractivity contribution in [3.8, 4) is 5.75 Å². The number of benzene rings is 1. The number of anilines is 1. The number of carbonyl (C=O) groups excluding carboxylic acids is 2. The van der Waals surface area contributed by atoms with Crippen LogP contribution in [-0.4, -0.2) is 25.1 Å². The van der Waals surface area contributed by atoms with E-state index in [0.29, 0.717) is 5.69 Å². The molecule has 7 heteroatoms. The summed E-state index contributed by atoms with van der Waals surface area (Å²) in [6, 6.07) is 2.18. The van der Waals surface area contributed by atoms with Crippen LogP contribution in [0.15, 0.2) is 18.2 Å². The van der Waals surface area contributed by atoms with E-state index in [9.17, 15) is 14.0 Å². The number of ether oxygens (including phenoxy) is 1. The Hall–Kier alpha value is -2.31. The van der Waals surface area contributed by atoms with Gasteiger partial charge in [-0.15, -0.1) is 0 Å². The van der Waals surface area contributed by atoms with E-state index >= 15 is 0 Å². The quantitative estimate of drug-likeness (QED) is 0.742. The first-order valence-corrected chi connectivity index (χ1v) is 5.14. The summed E-state index contributed by atoms with van der Waals surface area (Å²) in [6.45, 7) is 1.53. The van der Waals surface area contributed by atoms with E-state index in [4.69, 9.17) is 10.5 Å². The van der Waals surface area contributed by atoms with Crippen LogP contribution >= 0.6 is 0 Å². The maximum atomic E-state index is 13.0. The van der Waals surface area contributed by atoms with Crippen LogP contribution < -0.4 is 21.1 Å². The molecule has 98 valence electrons. The summed E-state index contributed by atoms with van der Waals surface area (Å²) in [7, 11) is 1.38. The Labute approximate surface area is 103 Å². The number of nitrogens with two attached hydrogens (primary N) is 1. The molecule has 0 spiro atoms. The number of carbonyl (C=O) groups is 2. The molecule has 18 heavy (non-hydrogen) atoms. The number of urea groups is 1. The number of nitrogens with one attached hydrogen (secondary N) is 2. The van der Waals surface area contributed by atoms with Crippen LogP contribution in [0.25, 0.3) is 0 Å². The highest BCUT2D eigenvalue weighted by atomic mass is 19.1. The van der Waals surface area contributed by atoms with Crippen molar-refractivity contribution in [1.82, 2.24) is 5.32 Å². The lowest BCUT2D eigenvalue weighted by atomic mass is 10.2. The van der Waals surface area contributed by atoms with Crippen molar-refractivity contribution in [2.24, 2.45) is 5.73 Å². The van der Waals surface area contributed by atoms with Crippen LogP contribution in [-0.2, 0) is 4.79 Å². The molecule has 0 aliphatic carbocycles. The SMILES string of the molecule is COc1cc(F)ccc1NC(C)C(=O)NC(N)=O. The maximum absolute atomic E-state index is 13.0. The number of hydrogen-bond acceptors (Lipinski definition) is 4. The predicted octanol–water partition coefficient (Wildman–Crippen LogP) is 0.830. The second-order valence-corrected chi connectivity index (χ2v) is 3.56. The molecule has 6 nitrogen and oxygen atoms in total. The van der Waals surface area contributed by atoms with E-state index in [-0.39, 0.29) is 5.75 Å². The highest BCUT2D eigenvalue weighted by Crippen LogP contribution is 2.25. The summed E-state index contributed by atoms with van der Waals surface area (Å²) < 4.78 is 17.9. The first-order chi connectivity index (χ1) is 8.43. The lowest BCUT2D eigenvalue weighted by Crippen LogP contribution is -2.43. The van der Waals surface area contributed by atoms with Gasteiger partial charge in [-0.05, 0) is 19.1 Å². The summed E-state index contributed by atoms with van der Waals surface area (Å²) in [4.78, 5) is 22.0. The van der Waals surface area contributed by atoms with E-state index in [2.05, 4.69) is 5.32 Å². The average molecular weight is 255 g/mol. The molecule has 0 heterocycles. The number of amides is 3. The Kier molecular flexibility index (Phi) is 4.47. The van der Waals surface area contributed by atoms with Gasteiger partial charge in [-0.3, -0.25) is 10.1 Å². The lowest BCUT2D eigenvalue weighted by molar-refractivity contribution is -0.120. The Balaban J connectivity index is 2.78. The second-order valence-electron chi connectivity index (χ2n) is 3.56. The molecule has 0 aliphatic rings. The topological polar surface area (TPSA) is 93.4 Å². The number of methoxy groups -OCH3 is 1. The van der Waals surface area contributed by atoms with Gasteiger partial charge in [0, 0.05) is 6.07 Å². The third kappa shape index (κ3) is 3.62. The van der Waals surface area contributed by atoms with Crippen LogP contribution in [0.3, 0.4) is 0 Å². The van der Waals surface area contributed by atoms with Gasteiger partial charge in [-0.2, -0.15) is 0 Å². The van der Waals surface area contributed by atoms with E-state index in [1.807, 2.05) is 5.32 Å². The van der Waals surface area contributed by atoms with Crippen LogP contribution in [0.2, 0.25) is 0 Å². The molecule has 4 N–H and O–H groups in total. The van der Waals surface area contributed by atoms with E-state index < -0.39 is 23.8 Å². The molecule has 1 aromatic carbocycles. The lowest BCUT2D eigenvalue weighted by Gasteiger charge is -2.16. The molecule has 1 aromatic rings. The average Bonchev–Trinajstić information content (AvgIpc) is 2.30. The first kappa shape index (κ1) is 13.8. The van der Waals surface area contributed by atoms with E-state index in [1.54, 1.807) is 0 Å². The Morgan fingerprint density at radius 3 is 2.67 bits per heavy atom. The highest BCUT2D eigenvalue weighted by Gasteiger charge is 2.16. The largest absolute Gasteiger partial charge is 0.494 e. The maximum Gasteiger partial charge on any atom is 0.318 e. The van der Waals surface area contributed by atoms with Crippen molar-refractivity contribution in [1.29, 1.82) is 0 Å². The monoisotopic (exact) mass is 255 g/mol. The van der Waals surface area contributed by atoms with Crippen molar-refractivity contribution in [3.05, 3.63) is 24.0 Å². The molecule has 1 atom stereocenters. The number of halogens is 1. The number of imide groups is 1. The Bertz CT molecular complexity index is 465. The predicted molar refractivity (Wildman–Crippen MR) is 63.8 cm³/mol. The van der Waals surface area contributed by atoms with Gasteiger partial charge < -0.3 is 15.8 Å². The molecule has 0 aliphatic heterocycles. The minimum Gasteiger partial charge on any atom is -0.494 e. The summed E-state index contributed by atoms with van der Waals surface area (Å²) >= 11 is 0. The number of rotatable bonds is 4. The zero-order valence-corrected chi connectivity index (χ0v) is 9.99. The molecule has 0 bridgehead atoms. The molecule has 3 amide bonds. The fourth-order valence-corrected chi connectivity index (χ4v) is 1.31. The second kappa shape index (κ2) is 5.85. The smallest absolute Gasteiger partial charge is 0.318 e. The van der Waals surface area contributed by atoms with Crippen molar-refractivity contribution in [3.63, 3.8) is 0 Å². The molecular formula is C11H14FN3O3. The molecule has 0 saturated carbocycles. The number of primary amides is 1. The fraction of sp³-hybridized carbons (Fsp3) is 0.273. The van der Waals surface area contributed by atoms with Gasteiger partial charge in [-0.1, -0.05) is 0 Å². The molecule has 1 rings (SSSR count). The normalized spacial score (nSPS) is 11.5. The molecule has 0 fully saturated rings. The van der Waals surface area contributed by atoms with Crippen molar-refractivity contribution in [2.75, 3.05) is 12.4 Å². The summed E-state index contributed by atoms with van der Waals surface area (Å²) in [6.07, 6.45) is 0. The van der Waals surface area contributed by atoms with Gasteiger partial charge in [-0.25, -0.2) is 9.18 Å². The fourth-order valence-electron chi connectivity index (χ4n) is 1.31. The van der Waals surface area contributed by atoms with Gasteiger partial charge >= 0.3 is 6.03 Å². The molecule has 0 saturated heterocycles. The summed E-state index contributed by atoms with van der Waals surface area (Å²) in [5.41, 5.74) is 5.26. The molecule has 0 aromatic heterocycles. The van der Waals surface area contributed by atoms with Gasteiger partial charge in [0.2, 0.25) is 5.91 Å². The highest BCUT2D eigenvalue weighted by molar-refractivity contribution is 5.97. The van der Waals surface area contributed by atoms with Crippen LogP contribution in [0.5, 0.6) is 5.75 Å². The van der Waals surface area contributed by atoms with Crippen LogP contribution in [0.1, 0.15) is 6.92 Å². The number of hydrogen-bond donors (Lipinski definition) is 3. The van der Waals surface area contributed by atoms with Crippen molar-refractivity contribution < 1.29 is 18.7 Å². The Morgan fingerprint density at radius 2 is 2.11 bits per heavy atom. The van der Waals surface area contributed by atoms with Crippen LogP contribution in [0.4, 0.5) is 14.9 Å². The summed E-state index contributed by atoms with van der Waals surface area (Å²) in [5.74, 6) is -0.783. The van der Waals surface area contributed by atoms with Gasteiger partial charge in [0.15, 0.2) is 0 Å². The van der Waals surface area contributed by atoms with E-state index in [0.717, 1.165) is 0 Å². The van der Waals surface area contributed by atoms with Gasteiger partial charge in [0.05, 0.1) is 12.8 Å². The third-order valence-electron chi connectivity index (χ3n) is 2.18. The van der Waals surface area contributed by atoms with E-state index in [1.165, 1.54) is 32.2 Å². The molecule has 1 unspecified atom stereocenters. The molecule has 0 radical (unpaired) electrons. The van der Waals surface area contributed by atoms with Gasteiger partial charge in [0.1, 0.15) is 17.6 Å². The van der Waals surface area contributed by atoms with Gasteiger partial charge in [0.25, 0.3) is 0 Å². The van der Waals surface area contributed by atoms with Crippen molar-refractivity contribution in [2.45, 2.75) is 13.0 Å².